The van der Waals surface area contributed by atoms with Gasteiger partial charge in [0.15, 0.2) is 0 Å². The van der Waals surface area contributed by atoms with Gasteiger partial charge in [-0.3, -0.25) is 4.79 Å². The molecule has 8 heteroatoms. The van der Waals surface area contributed by atoms with Gasteiger partial charge in [0, 0.05) is 10.4 Å². The Labute approximate surface area is 135 Å². The number of benzene rings is 1. The van der Waals surface area contributed by atoms with Crippen molar-refractivity contribution in [2.75, 3.05) is 13.2 Å². The summed E-state index contributed by atoms with van der Waals surface area (Å²) >= 11 is 1.44. The molecule has 0 unspecified atom stereocenters. The maximum absolute atomic E-state index is 11.9. The molecule has 1 amide bonds. The molecule has 0 aliphatic heterocycles. The Morgan fingerprint density at radius 1 is 1.30 bits per heavy atom. The summed E-state index contributed by atoms with van der Waals surface area (Å²) in [6.45, 7) is -0.0177. The molecule has 0 radical (unpaired) electrons. The summed E-state index contributed by atoms with van der Waals surface area (Å²) in [4.78, 5) is 16.8. The van der Waals surface area contributed by atoms with Gasteiger partial charge >= 0.3 is 6.18 Å². The van der Waals surface area contributed by atoms with Gasteiger partial charge in [0.25, 0.3) is 0 Å². The third-order valence-electron chi connectivity index (χ3n) is 2.86. The quantitative estimate of drug-likeness (QED) is 0.875. The van der Waals surface area contributed by atoms with E-state index in [1.165, 1.54) is 11.3 Å². The molecule has 124 valence electrons. The van der Waals surface area contributed by atoms with Crippen LogP contribution in [0.3, 0.4) is 0 Å². The minimum Gasteiger partial charge on any atom is -0.362 e. The zero-order valence-corrected chi connectivity index (χ0v) is 13.1. The molecule has 0 bridgehead atoms. The van der Waals surface area contributed by atoms with E-state index in [-0.39, 0.29) is 6.54 Å². The van der Waals surface area contributed by atoms with Crippen LogP contribution < -0.4 is 5.32 Å². The summed E-state index contributed by atoms with van der Waals surface area (Å²) in [6, 6.07) is 9.60. The van der Waals surface area contributed by atoms with E-state index in [1.54, 1.807) is 0 Å². The number of nitrogens with one attached hydrogen (secondary N) is 1. The fourth-order valence-electron chi connectivity index (χ4n) is 1.79. The standard InChI is InChI=1S/C15H15F3N2O2S/c1-10-12(7-19-13(21)8-22-9-15(16,17)18)23-14(20-10)11-5-3-2-4-6-11/h2-6H,7-9H2,1H3,(H,19,21). The maximum atomic E-state index is 11.9. The largest absolute Gasteiger partial charge is 0.411 e. The minimum absolute atomic E-state index is 0.213. The van der Waals surface area contributed by atoms with E-state index in [4.69, 9.17) is 0 Å². The number of aryl methyl sites for hydroxylation is 1. The lowest BCUT2D eigenvalue weighted by atomic mass is 10.2. The highest BCUT2D eigenvalue weighted by Crippen LogP contribution is 2.27. The van der Waals surface area contributed by atoms with Crippen LogP contribution in [0.15, 0.2) is 30.3 Å². The number of hydrogen-bond donors (Lipinski definition) is 1. The molecule has 2 rings (SSSR count). The third kappa shape index (κ3) is 5.65. The van der Waals surface area contributed by atoms with E-state index in [2.05, 4.69) is 15.0 Å². The van der Waals surface area contributed by atoms with Crippen LogP contribution in [0.1, 0.15) is 10.6 Å². The number of carbonyl (C=O) groups is 1. The second-order valence-corrected chi connectivity index (χ2v) is 5.86. The first-order valence-electron chi connectivity index (χ1n) is 6.78. The second kappa shape index (κ2) is 7.56. The molecule has 1 N–H and O–H groups in total. The summed E-state index contributed by atoms with van der Waals surface area (Å²) in [6.07, 6.45) is -4.43. The zero-order valence-electron chi connectivity index (χ0n) is 12.3. The van der Waals surface area contributed by atoms with Gasteiger partial charge in [-0.05, 0) is 6.92 Å². The van der Waals surface area contributed by atoms with Crippen LogP contribution in [0.4, 0.5) is 13.2 Å². The van der Waals surface area contributed by atoms with E-state index in [1.807, 2.05) is 37.3 Å². The first kappa shape index (κ1) is 17.4. The normalized spacial score (nSPS) is 11.5. The van der Waals surface area contributed by atoms with Gasteiger partial charge in [0.1, 0.15) is 18.2 Å². The van der Waals surface area contributed by atoms with Crippen LogP contribution >= 0.6 is 11.3 Å². The highest BCUT2D eigenvalue weighted by Gasteiger charge is 2.27. The van der Waals surface area contributed by atoms with Gasteiger partial charge in [-0.25, -0.2) is 4.98 Å². The number of halogens is 3. The fourth-order valence-corrected chi connectivity index (χ4v) is 2.79. The Balaban J connectivity index is 1.86. The van der Waals surface area contributed by atoms with E-state index in [0.29, 0.717) is 0 Å². The molecule has 4 nitrogen and oxygen atoms in total. The van der Waals surface area contributed by atoms with Crippen molar-refractivity contribution in [3.63, 3.8) is 0 Å². The predicted octanol–water partition coefficient (Wildman–Crippen LogP) is 3.31. The van der Waals surface area contributed by atoms with Crippen molar-refractivity contribution in [2.45, 2.75) is 19.6 Å². The number of amides is 1. The van der Waals surface area contributed by atoms with Gasteiger partial charge in [0.05, 0.1) is 12.2 Å². The first-order valence-corrected chi connectivity index (χ1v) is 7.60. The summed E-state index contributed by atoms with van der Waals surface area (Å²) in [5, 5.41) is 3.36. The van der Waals surface area contributed by atoms with Crippen molar-refractivity contribution in [3.8, 4) is 10.6 Å². The molecule has 0 aliphatic rings. The number of alkyl halides is 3. The molecule has 1 aromatic heterocycles. The molecule has 0 saturated carbocycles. The van der Waals surface area contributed by atoms with Gasteiger partial charge in [-0.15, -0.1) is 11.3 Å². The van der Waals surface area contributed by atoms with Crippen molar-refractivity contribution >= 4 is 17.2 Å². The Kier molecular flexibility index (Phi) is 5.73. The lowest BCUT2D eigenvalue weighted by molar-refractivity contribution is -0.175. The molecular formula is C15H15F3N2O2S. The maximum Gasteiger partial charge on any atom is 0.411 e. The fraction of sp³-hybridized carbons (Fsp3) is 0.333. The number of rotatable bonds is 6. The number of aromatic nitrogens is 1. The number of carbonyl (C=O) groups excluding carboxylic acids is 1. The van der Waals surface area contributed by atoms with Crippen LogP contribution in [0.2, 0.25) is 0 Å². The lowest BCUT2D eigenvalue weighted by Crippen LogP contribution is -2.29. The Hall–Kier alpha value is -1.93. The predicted molar refractivity (Wildman–Crippen MR) is 81.0 cm³/mol. The SMILES string of the molecule is Cc1nc(-c2ccccc2)sc1CNC(=O)COCC(F)(F)F. The smallest absolute Gasteiger partial charge is 0.362 e. The molecule has 0 fully saturated rings. The van der Waals surface area contributed by atoms with Crippen LogP contribution in [-0.2, 0) is 16.1 Å². The zero-order chi connectivity index (χ0) is 16.9. The average Bonchev–Trinajstić information content (AvgIpc) is 2.86. The third-order valence-corrected chi connectivity index (χ3v) is 4.06. The van der Waals surface area contributed by atoms with Crippen molar-refractivity contribution in [1.29, 1.82) is 0 Å². The van der Waals surface area contributed by atoms with Crippen LogP contribution in [0.25, 0.3) is 10.6 Å². The van der Waals surface area contributed by atoms with Crippen molar-refractivity contribution in [1.82, 2.24) is 10.3 Å². The Bertz CT molecular complexity index is 656. The van der Waals surface area contributed by atoms with E-state index in [0.717, 1.165) is 21.1 Å². The molecule has 0 saturated heterocycles. The number of ether oxygens (including phenoxy) is 1. The van der Waals surface area contributed by atoms with Gasteiger partial charge < -0.3 is 10.1 Å². The highest BCUT2D eigenvalue weighted by molar-refractivity contribution is 7.15. The molecule has 0 spiro atoms. The topological polar surface area (TPSA) is 51.2 Å². The van der Waals surface area contributed by atoms with E-state index < -0.39 is 25.3 Å². The van der Waals surface area contributed by atoms with Crippen LogP contribution in [0, 0.1) is 6.92 Å². The molecule has 1 aromatic carbocycles. The molecule has 1 heterocycles. The summed E-state index contributed by atoms with van der Waals surface area (Å²) in [5.74, 6) is -0.594. The molecule has 0 atom stereocenters. The van der Waals surface area contributed by atoms with E-state index >= 15 is 0 Å². The van der Waals surface area contributed by atoms with Crippen molar-refractivity contribution in [2.24, 2.45) is 0 Å². The van der Waals surface area contributed by atoms with Crippen molar-refractivity contribution in [3.05, 3.63) is 40.9 Å². The summed E-state index contributed by atoms with van der Waals surface area (Å²) in [5.41, 5.74) is 1.76. The first-order chi connectivity index (χ1) is 10.8. The molecule has 23 heavy (non-hydrogen) atoms. The van der Waals surface area contributed by atoms with Gasteiger partial charge in [-0.2, -0.15) is 13.2 Å². The summed E-state index contributed by atoms with van der Waals surface area (Å²) < 4.78 is 40.0. The highest BCUT2D eigenvalue weighted by atomic mass is 32.1. The lowest BCUT2D eigenvalue weighted by Gasteiger charge is -2.07. The summed E-state index contributed by atoms with van der Waals surface area (Å²) in [7, 11) is 0. The molecule has 2 aromatic rings. The number of hydrogen-bond acceptors (Lipinski definition) is 4. The molecule has 0 aliphatic carbocycles. The van der Waals surface area contributed by atoms with Crippen LogP contribution in [0.5, 0.6) is 0 Å². The average molecular weight is 344 g/mol. The second-order valence-electron chi connectivity index (χ2n) is 4.78. The minimum atomic E-state index is -4.43. The van der Waals surface area contributed by atoms with E-state index in [9.17, 15) is 18.0 Å². The number of nitrogens with zero attached hydrogens (tertiary/aromatic N) is 1. The monoisotopic (exact) mass is 344 g/mol. The van der Waals surface area contributed by atoms with Crippen LogP contribution in [-0.4, -0.2) is 30.3 Å². The van der Waals surface area contributed by atoms with Gasteiger partial charge in [-0.1, -0.05) is 30.3 Å². The number of thiazole rings is 1. The Morgan fingerprint density at radius 3 is 2.65 bits per heavy atom. The Morgan fingerprint density at radius 2 is 2.00 bits per heavy atom. The molecular weight excluding hydrogens is 329 g/mol. The van der Waals surface area contributed by atoms with Crippen molar-refractivity contribution < 1.29 is 22.7 Å². The van der Waals surface area contributed by atoms with Gasteiger partial charge in [0.2, 0.25) is 5.91 Å².